The summed E-state index contributed by atoms with van der Waals surface area (Å²) in [5.74, 6) is -1.06. The lowest BCUT2D eigenvalue weighted by molar-refractivity contribution is -0.138. The summed E-state index contributed by atoms with van der Waals surface area (Å²) in [6.07, 6.45) is -3.37. The molecule has 1 aliphatic rings. The second-order valence-corrected chi connectivity index (χ2v) is 4.50. The fourth-order valence-electron chi connectivity index (χ4n) is 1.97. The van der Waals surface area contributed by atoms with Gasteiger partial charge in [-0.2, -0.15) is 13.2 Å². The molecular weight excluding hydrogens is 273 g/mol. The number of amides is 1. The highest BCUT2D eigenvalue weighted by Crippen LogP contribution is 2.36. The Kier molecular flexibility index (Phi) is 3.69. The van der Waals surface area contributed by atoms with Crippen LogP contribution in [0.3, 0.4) is 0 Å². The van der Waals surface area contributed by atoms with Crippen LogP contribution in [0.5, 0.6) is 5.75 Å². The molecule has 0 bridgehead atoms. The zero-order valence-electron chi connectivity index (χ0n) is 10.7. The number of halogens is 3. The zero-order chi connectivity index (χ0) is 14.9. The maximum Gasteiger partial charge on any atom is 0.419 e. The standard InChI is InChI=1S/C13H13F3N2O2/c1-2-3-9-12(20)18-11(17-9)7-4-5-10(19)8(6-7)13(14,15)16/h4-6,9,19H,2-3H2,1H3,(H,17,18,20). The van der Waals surface area contributed by atoms with Crippen LogP contribution < -0.4 is 5.32 Å². The lowest BCUT2D eigenvalue weighted by Crippen LogP contribution is -2.29. The Hall–Kier alpha value is -2.05. The molecule has 1 aromatic rings. The van der Waals surface area contributed by atoms with Gasteiger partial charge in [-0.3, -0.25) is 9.79 Å². The predicted molar refractivity (Wildman–Crippen MR) is 66.5 cm³/mol. The van der Waals surface area contributed by atoms with E-state index >= 15 is 0 Å². The molecule has 0 radical (unpaired) electrons. The molecule has 4 nitrogen and oxygen atoms in total. The van der Waals surface area contributed by atoms with E-state index in [0.717, 1.165) is 18.6 Å². The maximum atomic E-state index is 12.7. The lowest BCUT2D eigenvalue weighted by Gasteiger charge is -2.10. The molecule has 2 rings (SSSR count). The number of hydrogen-bond donors (Lipinski definition) is 2. The Morgan fingerprint density at radius 2 is 2.10 bits per heavy atom. The second-order valence-electron chi connectivity index (χ2n) is 4.50. The third kappa shape index (κ3) is 2.76. The molecule has 1 amide bonds. The van der Waals surface area contributed by atoms with Crippen LogP contribution in [-0.2, 0) is 11.0 Å². The Labute approximate surface area is 113 Å². The Morgan fingerprint density at radius 3 is 2.70 bits per heavy atom. The number of phenolic OH excluding ortho intramolecular Hbond substituents is 1. The van der Waals surface area contributed by atoms with Crippen molar-refractivity contribution in [1.82, 2.24) is 5.32 Å². The van der Waals surface area contributed by atoms with Crippen LogP contribution in [0.15, 0.2) is 23.2 Å². The summed E-state index contributed by atoms with van der Waals surface area (Å²) in [6, 6.07) is 2.46. The molecule has 1 aromatic carbocycles. The average Bonchev–Trinajstić information content (AvgIpc) is 2.70. The fraction of sp³-hybridized carbons (Fsp3) is 0.385. The van der Waals surface area contributed by atoms with Crippen molar-refractivity contribution in [2.75, 3.05) is 0 Å². The Morgan fingerprint density at radius 1 is 1.40 bits per heavy atom. The van der Waals surface area contributed by atoms with Gasteiger partial charge in [0.1, 0.15) is 17.6 Å². The van der Waals surface area contributed by atoms with Gasteiger partial charge in [-0.15, -0.1) is 0 Å². The van der Waals surface area contributed by atoms with Gasteiger partial charge in [0.25, 0.3) is 0 Å². The molecule has 0 saturated heterocycles. The molecule has 0 aliphatic carbocycles. The molecule has 1 atom stereocenters. The van der Waals surface area contributed by atoms with Crippen molar-refractivity contribution in [2.45, 2.75) is 32.0 Å². The minimum absolute atomic E-state index is 0.110. The minimum atomic E-state index is -4.66. The van der Waals surface area contributed by atoms with E-state index in [4.69, 9.17) is 0 Å². The van der Waals surface area contributed by atoms with Crippen LogP contribution >= 0.6 is 0 Å². The van der Waals surface area contributed by atoms with Crippen LogP contribution in [0.25, 0.3) is 0 Å². The summed E-state index contributed by atoms with van der Waals surface area (Å²) in [5.41, 5.74) is -1.02. The van der Waals surface area contributed by atoms with Gasteiger partial charge in [-0.1, -0.05) is 13.3 Å². The third-order valence-corrected chi connectivity index (χ3v) is 2.97. The summed E-state index contributed by atoms with van der Waals surface area (Å²) >= 11 is 0. The van der Waals surface area contributed by atoms with Crippen LogP contribution in [-0.4, -0.2) is 22.9 Å². The fourth-order valence-corrected chi connectivity index (χ4v) is 1.97. The topological polar surface area (TPSA) is 61.7 Å². The first-order valence-electron chi connectivity index (χ1n) is 6.12. The monoisotopic (exact) mass is 286 g/mol. The van der Waals surface area contributed by atoms with E-state index in [-0.39, 0.29) is 17.3 Å². The number of carbonyl (C=O) groups excluding carboxylic acids is 1. The number of amidine groups is 1. The normalized spacial score (nSPS) is 18.9. The number of nitrogens with zero attached hydrogens (tertiary/aromatic N) is 1. The van der Waals surface area contributed by atoms with E-state index in [9.17, 15) is 23.1 Å². The first-order chi connectivity index (χ1) is 9.32. The number of benzene rings is 1. The molecule has 1 unspecified atom stereocenters. The number of aromatic hydroxyl groups is 1. The van der Waals surface area contributed by atoms with Crippen LogP contribution in [0.4, 0.5) is 13.2 Å². The second kappa shape index (κ2) is 5.15. The SMILES string of the molecule is CCCC1N=C(c2ccc(O)c(C(F)(F)F)c2)NC1=O. The molecular formula is C13H13F3N2O2. The average molecular weight is 286 g/mol. The molecule has 0 aromatic heterocycles. The van der Waals surface area contributed by atoms with Gasteiger partial charge < -0.3 is 10.4 Å². The molecule has 0 spiro atoms. The van der Waals surface area contributed by atoms with Gasteiger partial charge in [0.2, 0.25) is 5.91 Å². The van der Waals surface area contributed by atoms with E-state index in [2.05, 4.69) is 10.3 Å². The molecule has 0 saturated carbocycles. The van der Waals surface area contributed by atoms with Crippen molar-refractivity contribution in [3.63, 3.8) is 0 Å². The Balaban J connectivity index is 2.35. The summed E-state index contributed by atoms with van der Waals surface area (Å²) < 4.78 is 38.1. The highest BCUT2D eigenvalue weighted by molar-refractivity contribution is 6.13. The number of alkyl halides is 3. The summed E-state index contributed by atoms with van der Waals surface area (Å²) in [5, 5.41) is 11.7. The molecule has 1 heterocycles. The Bertz CT molecular complexity index is 567. The van der Waals surface area contributed by atoms with Crippen LogP contribution in [0.1, 0.15) is 30.9 Å². The smallest absolute Gasteiger partial charge is 0.419 e. The van der Waals surface area contributed by atoms with E-state index in [1.54, 1.807) is 0 Å². The number of carbonyl (C=O) groups is 1. The largest absolute Gasteiger partial charge is 0.507 e. The highest BCUT2D eigenvalue weighted by atomic mass is 19.4. The quantitative estimate of drug-likeness (QED) is 0.896. The van der Waals surface area contributed by atoms with Crippen molar-refractivity contribution >= 4 is 11.7 Å². The number of rotatable bonds is 3. The van der Waals surface area contributed by atoms with Gasteiger partial charge in [-0.05, 0) is 24.6 Å². The van der Waals surface area contributed by atoms with E-state index < -0.39 is 23.5 Å². The minimum Gasteiger partial charge on any atom is -0.507 e. The van der Waals surface area contributed by atoms with E-state index in [0.29, 0.717) is 6.42 Å². The lowest BCUT2D eigenvalue weighted by atomic mass is 10.1. The maximum absolute atomic E-state index is 12.7. The molecule has 1 aliphatic heterocycles. The third-order valence-electron chi connectivity index (χ3n) is 2.97. The van der Waals surface area contributed by atoms with Gasteiger partial charge >= 0.3 is 6.18 Å². The summed E-state index contributed by atoms with van der Waals surface area (Å²) in [7, 11) is 0. The van der Waals surface area contributed by atoms with Crippen molar-refractivity contribution < 1.29 is 23.1 Å². The van der Waals surface area contributed by atoms with E-state index in [1.807, 2.05) is 6.92 Å². The number of aliphatic imine (C=N–C) groups is 1. The van der Waals surface area contributed by atoms with Gasteiger partial charge in [0.05, 0.1) is 5.56 Å². The van der Waals surface area contributed by atoms with Crippen LogP contribution in [0, 0.1) is 0 Å². The summed E-state index contributed by atoms with van der Waals surface area (Å²) in [4.78, 5) is 15.7. The summed E-state index contributed by atoms with van der Waals surface area (Å²) in [6.45, 7) is 1.89. The van der Waals surface area contributed by atoms with Gasteiger partial charge in [0.15, 0.2) is 0 Å². The van der Waals surface area contributed by atoms with Crippen molar-refractivity contribution in [2.24, 2.45) is 4.99 Å². The predicted octanol–water partition coefficient (Wildman–Crippen LogP) is 2.46. The van der Waals surface area contributed by atoms with Gasteiger partial charge in [-0.25, -0.2) is 0 Å². The van der Waals surface area contributed by atoms with Crippen molar-refractivity contribution in [3.8, 4) is 5.75 Å². The number of hydrogen-bond acceptors (Lipinski definition) is 3. The molecule has 0 fully saturated rings. The molecule has 108 valence electrons. The number of phenols is 1. The molecule has 2 N–H and O–H groups in total. The van der Waals surface area contributed by atoms with Gasteiger partial charge in [0, 0.05) is 5.56 Å². The van der Waals surface area contributed by atoms with Crippen molar-refractivity contribution in [1.29, 1.82) is 0 Å². The van der Waals surface area contributed by atoms with E-state index in [1.165, 1.54) is 6.07 Å². The van der Waals surface area contributed by atoms with Crippen molar-refractivity contribution in [3.05, 3.63) is 29.3 Å². The van der Waals surface area contributed by atoms with Crippen LogP contribution in [0.2, 0.25) is 0 Å². The highest BCUT2D eigenvalue weighted by Gasteiger charge is 2.35. The molecule has 20 heavy (non-hydrogen) atoms. The first-order valence-corrected chi connectivity index (χ1v) is 6.12. The first kappa shape index (κ1) is 14.4. The molecule has 7 heteroatoms. The zero-order valence-corrected chi connectivity index (χ0v) is 10.7. The number of nitrogens with one attached hydrogen (secondary N) is 1.